The van der Waals surface area contributed by atoms with Gasteiger partial charge in [0.25, 0.3) is 0 Å². The van der Waals surface area contributed by atoms with Crippen molar-refractivity contribution in [2.75, 3.05) is 5.32 Å². The fraction of sp³-hybridized carbons (Fsp3) is 0.786. The molecule has 17 heavy (non-hydrogen) atoms. The Hall–Kier alpha value is -0.990. The molecule has 0 amide bonds. The van der Waals surface area contributed by atoms with Gasteiger partial charge in [0.05, 0.1) is 0 Å². The number of rotatable bonds is 6. The first-order valence-corrected chi connectivity index (χ1v) is 7.10. The van der Waals surface area contributed by atoms with Gasteiger partial charge in [-0.05, 0) is 26.2 Å². The Morgan fingerprint density at radius 3 is 2.94 bits per heavy atom. The van der Waals surface area contributed by atoms with E-state index in [9.17, 15) is 0 Å². The van der Waals surface area contributed by atoms with Gasteiger partial charge in [0.15, 0.2) is 0 Å². The maximum atomic E-state index is 4.46. The molecule has 0 spiro atoms. The second kappa shape index (κ2) is 6.08. The second-order valence-corrected chi connectivity index (χ2v) is 5.28. The van der Waals surface area contributed by atoms with E-state index in [2.05, 4.69) is 34.9 Å². The zero-order valence-corrected chi connectivity index (χ0v) is 11.2. The van der Waals surface area contributed by atoms with E-state index >= 15 is 0 Å². The Morgan fingerprint density at radius 1 is 1.47 bits per heavy atom. The number of hydrogen-bond donors (Lipinski definition) is 1. The van der Waals surface area contributed by atoms with Gasteiger partial charge < -0.3 is 9.88 Å². The largest absolute Gasteiger partial charge is 0.353 e. The van der Waals surface area contributed by atoms with Crippen LogP contribution in [0.25, 0.3) is 0 Å². The Morgan fingerprint density at radius 2 is 2.24 bits per heavy atom. The SMILES string of the molecule is CCCCC(C)Nc1nccn1C1CCCC1. The molecule has 1 aliphatic rings. The highest BCUT2D eigenvalue weighted by Gasteiger charge is 2.19. The summed E-state index contributed by atoms with van der Waals surface area (Å²) in [5.41, 5.74) is 0. The molecule has 3 heteroatoms. The third-order valence-corrected chi connectivity index (χ3v) is 3.75. The quantitative estimate of drug-likeness (QED) is 0.808. The number of hydrogen-bond acceptors (Lipinski definition) is 2. The molecule has 1 heterocycles. The zero-order chi connectivity index (χ0) is 12.1. The third kappa shape index (κ3) is 3.24. The molecule has 0 aromatic carbocycles. The van der Waals surface area contributed by atoms with E-state index in [1.807, 2.05) is 6.20 Å². The van der Waals surface area contributed by atoms with Gasteiger partial charge >= 0.3 is 0 Å². The highest BCUT2D eigenvalue weighted by molar-refractivity contribution is 5.28. The lowest BCUT2D eigenvalue weighted by atomic mass is 10.1. The summed E-state index contributed by atoms with van der Waals surface area (Å²) in [6.45, 7) is 4.50. The van der Waals surface area contributed by atoms with Crippen LogP contribution >= 0.6 is 0 Å². The van der Waals surface area contributed by atoms with Crippen molar-refractivity contribution >= 4 is 5.95 Å². The van der Waals surface area contributed by atoms with E-state index in [0.717, 1.165) is 5.95 Å². The summed E-state index contributed by atoms with van der Waals surface area (Å²) in [5, 5.41) is 3.55. The van der Waals surface area contributed by atoms with E-state index in [4.69, 9.17) is 0 Å². The molecule has 0 bridgehead atoms. The molecule has 0 aliphatic heterocycles. The number of aromatic nitrogens is 2. The van der Waals surface area contributed by atoms with Crippen molar-refractivity contribution in [2.45, 2.75) is 70.9 Å². The van der Waals surface area contributed by atoms with Gasteiger partial charge in [0, 0.05) is 24.5 Å². The smallest absolute Gasteiger partial charge is 0.203 e. The van der Waals surface area contributed by atoms with Crippen molar-refractivity contribution in [3.63, 3.8) is 0 Å². The number of nitrogens with one attached hydrogen (secondary N) is 1. The van der Waals surface area contributed by atoms with Crippen molar-refractivity contribution in [1.82, 2.24) is 9.55 Å². The summed E-state index contributed by atoms with van der Waals surface area (Å²) in [4.78, 5) is 4.46. The van der Waals surface area contributed by atoms with Crippen molar-refractivity contribution in [3.05, 3.63) is 12.4 Å². The first-order valence-electron chi connectivity index (χ1n) is 7.10. The molecule has 1 aromatic rings. The van der Waals surface area contributed by atoms with Crippen LogP contribution in [0, 0.1) is 0 Å². The molecule has 1 fully saturated rings. The fourth-order valence-electron chi connectivity index (χ4n) is 2.70. The average molecular weight is 235 g/mol. The Labute approximate surface area is 105 Å². The first-order chi connectivity index (χ1) is 8.31. The normalized spacial score (nSPS) is 18.5. The van der Waals surface area contributed by atoms with Gasteiger partial charge in [0.2, 0.25) is 5.95 Å². The summed E-state index contributed by atoms with van der Waals surface area (Å²) in [5.74, 6) is 1.07. The van der Waals surface area contributed by atoms with Crippen LogP contribution in [0.4, 0.5) is 5.95 Å². The molecule has 1 aromatic heterocycles. The summed E-state index contributed by atoms with van der Waals surface area (Å²) in [7, 11) is 0. The third-order valence-electron chi connectivity index (χ3n) is 3.75. The highest BCUT2D eigenvalue weighted by atomic mass is 15.2. The summed E-state index contributed by atoms with van der Waals surface area (Å²) < 4.78 is 2.34. The summed E-state index contributed by atoms with van der Waals surface area (Å²) in [6.07, 6.45) is 13.2. The molecule has 2 rings (SSSR count). The lowest BCUT2D eigenvalue weighted by molar-refractivity contribution is 0.518. The fourth-order valence-corrected chi connectivity index (χ4v) is 2.70. The van der Waals surface area contributed by atoms with Gasteiger partial charge in [-0.25, -0.2) is 4.98 Å². The van der Waals surface area contributed by atoms with Crippen LogP contribution < -0.4 is 5.32 Å². The maximum absolute atomic E-state index is 4.46. The van der Waals surface area contributed by atoms with Gasteiger partial charge in [-0.2, -0.15) is 0 Å². The number of imidazole rings is 1. The van der Waals surface area contributed by atoms with Gasteiger partial charge in [-0.1, -0.05) is 32.6 Å². The standard InChI is InChI=1S/C14H25N3/c1-3-4-7-12(2)16-14-15-10-11-17(14)13-8-5-6-9-13/h10-13H,3-9H2,1-2H3,(H,15,16). The molecular formula is C14H25N3. The average Bonchev–Trinajstić information content (AvgIpc) is 2.95. The molecule has 0 saturated heterocycles. The Bertz CT molecular complexity index is 326. The molecule has 1 atom stereocenters. The predicted octanol–water partition coefficient (Wildman–Crippen LogP) is 3.99. The van der Waals surface area contributed by atoms with Crippen LogP contribution in [0.15, 0.2) is 12.4 Å². The molecule has 96 valence electrons. The van der Waals surface area contributed by atoms with E-state index in [0.29, 0.717) is 12.1 Å². The number of nitrogens with zero attached hydrogens (tertiary/aromatic N) is 2. The number of anilines is 1. The first kappa shape index (κ1) is 12.5. The van der Waals surface area contributed by atoms with Crippen LogP contribution in [-0.2, 0) is 0 Å². The Balaban J connectivity index is 1.93. The van der Waals surface area contributed by atoms with E-state index < -0.39 is 0 Å². The van der Waals surface area contributed by atoms with Crippen LogP contribution in [-0.4, -0.2) is 15.6 Å². The lowest BCUT2D eigenvalue weighted by Gasteiger charge is -2.19. The van der Waals surface area contributed by atoms with Crippen molar-refractivity contribution in [3.8, 4) is 0 Å². The predicted molar refractivity (Wildman–Crippen MR) is 72.3 cm³/mol. The minimum Gasteiger partial charge on any atom is -0.353 e. The molecular weight excluding hydrogens is 210 g/mol. The molecule has 1 unspecified atom stereocenters. The molecule has 1 aliphatic carbocycles. The van der Waals surface area contributed by atoms with Crippen molar-refractivity contribution in [1.29, 1.82) is 0 Å². The zero-order valence-electron chi connectivity index (χ0n) is 11.2. The highest BCUT2D eigenvalue weighted by Crippen LogP contribution is 2.31. The monoisotopic (exact) mass is 235 g/mol. The van der Waals surface area contributed by atoms with Crippen LogP contribution in [0.5, 0.6) is 0 Å². The Kier molecular flexibility index (Phi) is 4.46. The molecule has 1 saturated carbocycles. The minimum atomic E-state index is 0.525. The molecule has 3 nitrogen and oxygen atoms in total. The van der Waals surface area contributed by atoms with Gasteiger partial charge in [0.1, 0.15) is 0 Å². The second-order valence-electron chi connectivity index (χ2n) is 5.28. The van der Waals surface area contributed by atoms with Gasteiger partial charge in [-0.15, -0.1) is 0 Å². The number of unbranched alkanes of at least 4 members (excludes halogenated alkanes) is 1. The lowest BCUT2D eigenvalue weighted by Crippen LogP contribution is -2.19. The van der Waals surface area contributed by atoms with Crippen molar-refractivity contribution < 1.29 is 0 Å². The van der Waals surface area contributed by atoms with Crippen LogP contribution in [0.3, 0.4) is 0 Å². The molecule has 0 radical (unpaired) electrons. The van der Waals surface area contributed by atoms with Crippen LogP contribution in [0.1, 0.15) is 64.8 Å². The van der Waals surface area contributed by atoms with E-state index in [1.54, 1.807) is 0 Å². The topological polar surface area (TPSA) is 29.9 Å². The van der Waals surface area contributed by atoms with E-state index in [-0.39, 0.29) is 0 Å². The maximum Gasteiger partial charge on any atom is 0.203 e. The molecule has 1 N–H and O–H groups in total. The van der Waals surface area contributed by atoms with Crippen molar-refractivity contribution in [2.24, 2.45) is 0 Å². The van der Waals surface area contributed by atoms with Gasteiger partial charge in [-0.3, -0.25) is 0 Å². The van der Waals surface area contributed by atoms with Crippen LogP contribution in [0.2, 0.25) is 0 Å². The summed E-state index contributed by atoms with van der Waals surface area (Å²) in [6, 6.07) is 1.20. The van der Waals surface area contributed by atoms with E-state index in [1.165, 1.54) is 44.9 Å². The summed E-state index contributed by atoms with van der Waals surface area (Å²) >= 11 is 0. The minimum absolute atomic E-state index is 0.525.